The second kappa shape index (κ2) is 6.61. The lowest BCUT2D eigenvalue weighted by Gasteiger charge is -2.07. The Morgan fingerprint density at radius 3 is 2.38 bits per heavy atom. The second-order valence-electron chi connectivity index (χ2n) is 5.63. The first kappa shape index (κ1) is 15.4. The lowest BCUT2D eigenvalue weighted by molar-refractivity contribution is -0.121. The van der Waals surface area contributed by atoms with Gasteiger partial charge in [0.05, 0.1) is 11.0 Å². The van der Waals surface area contributed by atoms with Crippen molar-refractivity contribution in [1.82, 2.24) is 14.5 Å². The molecule has 1 aromatic carbocycles. The van der Waals surface area contributed by atoms with Gasteiger partial charge < -0.3 is 5.32 Å². The summed E-state index contributed by atoms with van der Waals surface area (Å²) >= 11 is 0. The van der Waals surface area contributed by atoms with Crippen LogP contribution < -0.4 is 11.0 Å². The van der Waals surface area contributed by atoms with Crippen LogP contribution in [0.2, 0.25) is 0 Å². The summed E-state index contributed by atoms with van der Waals surface area (Å²) in [6.07, 6.45) is 0.942. The van der Waals surface area contributed by atoms with Crippen molar-refractivity contribution < 1.29 is 4.79 Å². The van der Waals surface area contributed by atoms with Crippen molar-refractivity contribution in [3.63, 3.8) is 0 Å². The van der Waals surface area contributed by atoms with Gasteiger partial charge in [0.1, 0.15) is 6.54 Å². The Morgan fingerprint density at radius 2 is 1.81 bits per heavy atom. The van der Waals surface area contributed by atoms with Gasteiger partial charge in [-0.2, -0.15) is 0 Å². The highest BCUT2D eigenvalue weighted by Crippen LogP contribution is 2.12. The van der Waals surface area contributed by atoms with E-state index in [9.17, 15) is 9.59 Å². The van der Waals surface area contributed by atoms with E-state index in [1.165, 1.54) is 0 Å². The van der Waals surface area contributed by atoms with Gasteiger partial charge in [0.15, 0.2) is 0 Å². The zero-order valence-electron chi connectivity index (χ0n) is 12.9. The number of hydrogen-bond acceptors (Lipinski definition) is 2. The maximum Gasteiger partial charge on any atom is 0.329 e. The average Bonchev–Trinajstić information content (AvgIpc) is 2.71. The predicted octanol–water partition coefficient (Wildman–Crippen LogP) is 1.99. The number of nitrogens with one attached hydrogen (secondary N) is 1. The van der Waals surface area contributed by atoms with E-state index in [0.717, 1.165) is 17.5 Å². The van der Waals surface area contributed by atoms with Crippen molar-refractivity contribution in [2.24, 2.45) is 5.92 Å². The summed E-state index contributed by atoms with van der Waals surface area (Å²) in [6.45, 7) is 7.49. The summed E-state index contributed by atoms with van der Waals surface area (Å²) in [5.41, 5.74) is 1.56. The van der Waals surface area contributed by atoms with Gasteiger partial charge in [0, 0.05) is 13.1 Å². The molecule has 0 saturated carbocycles. The van der Waals surface area contributed by atoms with Gasteiger partial charge in [0.25, 0.3) is 0 Å². The van der Waals surface area contributed by atoms with Crippen molar-refractivity contribution >= 4 is 16.9 Å². The molecule has 1 heterocycles. The van der Waals surface area contributed by atoms with Crippen LogP contribution in [-0.2, 0) is 17.9 Å². The molecule has 0 saturated heterocycles. The molecule has 0 unspecified atom stereocenters. The van der Waals surface area contributed by atoms with Crippen LogP contribution in [0.5, 0.6) is 0 Å². The molecule has 1 N–H and O–H groups in total. The van der Waals surface area contributed by atoms with E-state index in [4.69, 9.17) is 0 Å². The minimum atomic E-state index is -0.127. The van der Waals surface area contributed by atoms with Gasteiger partial charge >= 0.3 is 5.69 Å². The van der Waals surface area contributed by atoms with E-state index in [1.807, 2.05) is 31.2 Å². The Labute approximate surface area is 124 Å². The molecule has 0 aliphatic heterocycles. The molecule has 0 fully saturated rings. The Bertz CT molecular complexity index is 682. The lowest BCUT2D eigenvalue weighted by atomic mass is 10.1. The van der Waals surface area contributed by atoms with Gasteiger partial charge in [-0.15, -0.1) is 0 Å². The molecule has 0 aliphatic carbocycles. The quantitative estimate of drug-likeness (QED) is 0.884. The van der Waals surface area contributed by atoms with Crippen LogP contribution in [0.4, 0.5) is 0 Å². The van der Waals surface area contributed by atoms with Gasteiger partial charge in [0.2, 0.25) is 5.91 Å². The summed E-state index contributed by atoms with van der Waals surface area (Å²) in [5, 5.41) is 2.87. The highest BCUT2D eigenvalue weighted by atomic mass is 16.2. The number of aromatic nitrogens is 2. The van der Waals surface area contributed by atoms with E-state index in [2.05, 4.69) is 19.2 Å². The monoisotopic (exact) mass is 289 g/mol. The highest BCUT2D eigenvalue weighted by molar-refractivity contribution is 5.80. The van der Waals surface area contributed by atoms with Crippen LogP contribution in [0.25, 0.3) is 11.0 Å². The third kappa shape index (κ3) is 3.35. The lowest BCUT2D eigenvalue weighted by Crippen LogP contribution is -2.33. The van der Waals surface area contributed by atoms with Crippen molar-refractivity contribution in [2.45, 2.75) is 40.3 Å². The molecular formula is C16H23N3O2. The number of amides is 1. The first-order valence-electron chi connectivity index (χ1n) is 7.49. The van der Waals surface area contributed by atoms with Crippen molar-refractivity contribution in [3.8, 4) is 0 Å². The predicted molar refractivity (Wildman–Crippen MR) is 84.3 cm³/mol. The minimum absolute atomic E-state index is 0.0739. The number of aryl methyl sites for hydroxylation is 1. The van der Waals surface area contributed by atoms with Crippen LogP contribution in [0.1, 0.15) is 27.2 Å². The van der Waals surface area contributed by atoms with Crippen molar-refractivity contribution in [1.29, 1.82) is 0 Å². The van der Waals surface area contributed by atoms with Crippen molar-refractivity contribution in [3.05, 3.63) is 34.7 Å². The first-order chi connectivity index (χ1) is 10.0. The van der Waals surface area contributed by atoms with Crippen LogP contribution in [0, 0.1) is 5.92 Å². The minimum Gasteiger partial charge on any atom is -0.355 e. The Morgan fingerprint density at radius 1 is 1.19 bits per heavy atom. The molecule has 0 spiro atoms. The van der Waals surface area contributed by atoms with Gasteiger partial charge in [-0.25, -0.2) is 4.79 Å². The normalized spacial score (nSPS) is 11.2. The fraction of sp³-hybridized carbons (Fsp3) is 0.500. The SMILES string of the molecule is CCn1c(=O)n(CC(=O)NCCC(C)C)c2ccccc21. The molecule has 5 nitrogen and oxygen atoms in total. The third-order valence-corrected chi connectivity index (χ3v) is 3.59. The summed E-state index contributed by atoms with van der Waals surface area (Å²) in [6, 6.07) is 7.58. The number of rotatable bonds is 6. The zero-order valence-corrected chi connectivity index (χ0v) is 12.9. The van der Waals surface area contributed by atoms with E-state index in [1.54, 1.807) is 9.13 Å². The van der Waals surface area contributed by atoms with Crippen LogP contribution >= 0.6 is 0 Å². The van der Waals surface area contributed by atoms with Crippen molar-refractivity contribution in [2.75, 3.05) is 6.54 Å². The fourth-order valence-corrected chi connectivity index (χ4v) is 2.43. The fourth-order valence-electron chi connectivity index (χ4n) is 2.43. The molecule has 2 rings (SSSR count). The molecule has 5 heteroatoms. The van der Waals surface area contributed by atoms with Gasteiger partial charge in [-0.05, 0) is 31.4 Å². The molecule has 114 valence electrons. The molecule has 1 amide bonds. The smallest absolute Gasteiger partial charge is 0.329 e. The topological polar surface area (TPSA) is 56.0 Å². The number of carbonyl (C=O) groups excluding carboxylic acids is 1. The Hall–Kier alpha value is -2.04. The maximum atomic E-state index is 12.4. The molecule has 0 aliphatic rings. The molecule has 0 radical (unpaired) electrons. The van der Waals surface area contributed by atoms with E-state index < -0.39 is 0 Å². The summed E-state index contributed by atoms with van der Waals surface area (Å²) in [5.74, 6) is 0.437. The van der Waals surface area contributed by atoms with Gasteiger partial charge in [-0.3, -0.25) is 13.9 Å². The molecule has 2 aromatic rings. The largest absolute Gasteiger partial charge is 0.355 e. The average molecular weight is 289 g/mol. The van der Waals surface area contributed by atoms with Crippen LogP contribution in [0.3, 0.4) is 0 Å². The van der Waals surface area contributed by atoms with E-state index in [0.29, 0.717) is 19.0 Å². The number of hydrogen-bond donors (Lipinski definition) is 1. The Kier molecular flexibility index (Phi) is 4.83. The Balaban J connectivity index is 2.20. The standard InChI is InChI=1S/C16H23N3O2/c1-4-18-13-7-5-6-8-14(13)19(16(18)21)11-15(20)17-10-9-12(2)3/h5-8,12H,4,9-11H2,1-3H3,(H,17,20). The number of nitrogens with zero attached hydrogens (tertiary/aromatic N) is 2. The van der Waals surface area contributed by atoms with E-state index >= 15 is 0 Å². The summed E-state index contributed by atoms with van der Waals surface area (Å²) < 4.78 is 3.24. The second-order valence-corrected chi connectivity index (χ2v) is 5.63. The first-order valence-corrected chi connectivity index (χ1v) is 7.49. The maximum absolute atomic E-state index is 12.4. The van der Waals surface area contributed by atoms with Crippen LogP contribution in [-0.4, -0.2) is 21.6 Å². The van der Waals surface area contributed by atoms with E-state index in [-0.39, 0.29) is 18.1 Å². The number of benzene rings is 1. The third-order valence-electron chi connectivity index (χ3n) is 3.59. The van der Waals surface area contributed by atoms with Crippen LogP contribution in [0.15, 0.2) is 29.1 Å². The number of carbonyl (C=O) groups is 1. The molecule has 0 atom stereocenters. The molecule has 0 bridgehead atoms. The summed E-state index contributed by atoms with van der Waals surface area (Å²) in [4.78, 5) is 24.4. The number of imidazole rings is 1. The summed E-state index contributed by atoms with van der Waals surface area (Å²) in [7, 11) is 0. The number of fused-ring (bicyclic) bond motifs is 1. The molecule has 21 heavy (non-hydrogen) atoms. The molecular weight excluding hydrogens is 266 g/mol. The highest BCUT2D eigenvalue weighted by Gasteiger charge is 2.13. The molecule has 1 aromatic heterocycles. The zero-order chi connectivity index (χ0) is 15.4. The van der Waals surface area contributed by atoms with Gasteiger partial charge in [-0.1, -0.05) is 26.0 Å². The number of para-hydroxylation sites is 2.